The average Bonchev–Trinajstić information content (AvgIpc) is 3.30. The van der Waals surface area contributed by atoms with Gasteiger partial charge < -0.3 is 64.2 Å². The predicted octanol–water partition coefficient (Wildman–Crippen LogP) is 6.73. The smallest absolute Gasteiger partial charge is 0.306 e. The van der Waals surface area contributed by atoms with Crippen LogP contribution in [0.5, 0.6) is 0 Å². The zero-order valence-corrected chi connectivity index (χ0v) is 39.4. The third kappa shape index (κ3) is 26.5. The van der Waals surface area contributed by atoms with E-state index in [-0.39, 0.29) is 19.6 Å². The number of unbranched alkanes of at least 4 members (excludes halogenated alkanes) is 11. The van der Waals surface area contributed by atoms with Crippen LogP contribution in [0, 0.1) is 0 Å². The van der Waals surface area contributed by atoms with E-state index in [1.54, 1.807) is 0 Å². The van der Waals surface area contributed by atoms with Crippen LogP contribution in [0.1, 0.15) is 142 Å². The van der Waals surface area contributed by atoms with Gasteiger partial charge >= 0.3 is 5.97 Å². The number of carbonyl (C=O) groups is 1. The number of allylic oxidation sites excluding steroid dienone is 12. The fourth-order valence-corrected chi connectivity index (χ4v) is 7.21. The van der Waals surface area contributed by atoms with E-state index in [0.29, 0.717) is 13.0 Å². The minimum Gasteiger partial charge on any atom is -0.457 e. The molecule has 11 atom stereocenters. The van der Waals surface area contributed by atoms with Gasteiger partial charge in [-0.15, -0.1) is 0 Å². The molecule has 0 aromatic carbocycles. The van der Waals surface area contributed by atoms with Gasteiger partial charge in [-0.25, -0.2) is 0 Å². The highest BCUT2D eigenvalue weighted by atomic mass is 16.7. The minimum atomic E-state index is -1.72. The van der Waals surface area contributed by atoms with Crippen molar-refractivity contribution < 1.29 is 69.0 Å². The van der Waals surface area contributed by atoms with Crippen molar-refractivity contribution in [3.63, 3.8) is 0 Å². The number of esters is 1. The number of hydrogen-bond acceptors (Lipinski definition) is 14. The van der Waals surface area contributed by atoms with Crippen LogP contribution >= 0.6 is 0 Å². The van der Waals surface area contributed by atoms with Crippen LogP contribution in [0.25, 0.3) is 0 Å². The first-order valence-corrected chi connectivity index (χ1v) is 24.5. The Bertz CT molecular complexity index is 1350. The molecule has 14 heteroatoms. The molecule has 374 valence electrons. The van der Waals surface area contributed by atoms with Gasteiger partial charge in [-0.2, -0.15) is 0 Å². The molecule has 2 heterocycles. The van der Waals surface area contributed by atoms with E-state index in [1.807, 2.05) is 12.2 Å². The molecule has 2 saturated heterocycles. The van der Waals surface area contributed by atoms with Crippen molar-refractivity contribution in [2.24, 2.45) is 0 Å². The Labute approximate surface area is 389 Å². The molecule has 0 saturated carbocycles. The van der Waals surface area contributed by atoms with E-state index in [0.717, 1.165) is 57.8 Å². The summed E-state index contributed by atoms with van der Waals surface area (Å²) in [5.41, 5.74) is 0. The molecule has 2 aliphatic rings. The number of ether oxygens (including phenoxy) is 6. The van der Waals surface area contributed by atoms with Crippen molar-refractivity contribution in [1.82, 2.24) is 0 Å². The number of rotatable bonds is 37. The Balaban J connectivity index is 1.81. The predicted molar refractivity (Wildman–Crippen MR) is 252 cm³/mol. The van der Waals surface area contributed by atoms with Gasteiger partial charge in [0.15, 0.2) is 12.6 Å². The van der Waals surface area contributed by atoms with Gasteiger partial charge in [-0.05, 0) is 70.6 Å². The first kappa shape index (κ1) is 58.6. The maximum absolute atomic E-state index is 12.9. The molecule has 14 nitrogen and oxygen atoms in total. The van der Waals surface area contributed by atoms with Crippen molar-refractivity contribution in [2.45, 2.75) is 210 Å². The molecule has 11 unspecified atom stereocenters. The molecule has 0 spiro atoms. The molecule has 0 bridgehead atoms. The first-order chi connectivity index (χ1) is 31.6. The SMILES string of the molecule is CC/C=C\C/C=C\C/C=C\C/C=C\CCC(=O)OC(COCCCCCCCCCC/C=C\C/C=C\CCCCC)COC1OC(COC2OC(CO)C(O)C(O)C2O)C(O)C(O)C1O. The minimum absolute atomic E-state index is 0.0248. The second-order valence-electron chi connectivity index (χ2n) is 16.9. The highest BCUT2D eigenvalue weighted by Gasteiger charge is 2.47. The topological polar surface area (TPSA) is 214 Å². The van der Waals surface area contributed by atoms with Crippen LogP contribution in [0.3, 0.4) is 0 Å². The van der Waals surface area contributed by atoms with Crippen molar-refractivity contribution in [3.05, 3.63) is 72.9 Å². The number of carbonyl (C=O) groups excluding carboxylic acids is 1. The molecule has 2 aliphatic heterocycles. The van der Waals surface area contributed by atoms with E-state index in [4.69, 9.17) is 28.4 Å². The maximum atomic E-state index is 12.9. The first-order valence-electron chi connectivity index (χ1n) is 24.5. The fraction of sp³-hybridized carbons (Fsp3) is 0.745. The summed E-state index contributed by atoms with van der Waals surface area (Å²) in [6.07, 6.45) is 29.8. The summed E-state index contributed by atoms with van der Waals surface area (Å²) in [6.45, 7) is 3.41. The molecule has 0 aromatic rings. The molecule has 65 heavy (non-hydrogen) atoms. The lowest BCUT2D eigenvalue weighted by molar-refractivity contribution is -0.332. The van der Waals surface area contributed by atoms with Gasteiger partial charge in [-0.3, -0.25) is 4.79 Å². The third-order valence-electron chi connectivity index (χ3n) is 11.2. The maximum Gasteiger partial charge on any atom is 0.306 e. The molecule has 0 aromatic heterocycles. The van der Waals surface area contributed by atoms with Crippen molar-refractivity contribution in [2.75, 3.05) is 33.0 Å². The van der Waals surface area contributed by atoms with E-state index < -0.39 is 86.7 Å². The molecule has 0 aliphatic carbocycles. The lowest BCUT2D eigenvalue weighted by Gasteiger charge is -2.42. The van der Waals surface area contributed by atoms with Crippen LogP contribution in [-0.2, 0) is 33.2 Å². The number of aliphatic hydroxyl groups is 7. The fourth-order valence-electron chi connectivity index (χ4n) is 7.21. The van der Waals surface area contributed by atoms with Gasteiger partial charge in [-0.1, -0.05) is 138 Å². The van der Waals surface area contributed by atoms with E-state index in [9.17, 15) is 40.5 Å². The monoisotopic (exact) mass is 923 g/mol. The highest BCUT2D eigenvalue weighted by molar-refractivity contribution is 5.69. The highest BCUT2D eigenvalue weighted by Crippen LogP contribution is 2.26. The van der Waals surface area contributed by atoms with Crippen molar-refractivity contribution in [3.8, 4) is 0 Å². The summed E-state index contributed by atoms with van der Waals surface area (Å²) in [6, 6.07) is 0. The van der Waals surface area contributed by atoms with Gasteiger partial charge in [0, 0.05) is 13.0 Å². The van der Waals surface area contributed by atoms with E-state index in [1.165, 1.54) is 57.8 Å². The number of hydrogen-bond donors (Lipinski definition) is 7. The Morgan fingerprint density at radius 3 is 1.57 bits per heavy atom. The molecule has 0 radical (unpaired) electrons. The normalized spacial score (nSPS) is 27.2. The summed E-state index contributed by atoms with van der Waals surface area (Å²) in [5.74, 6) is -0.461. The molecule has 7 N–H and O–H groups in total. The van der Waals surface area contributed by atoms with Gasteiger partial charge in [0.1, 0.15) is 54.9 Å². The van der Waals surface area contributed by atoms with Crippen LogP contribution in [0.4, 0.5) is 0 Å². The largest absolute Gasteiger partial charge is 0.457 e. The Hall–Kier alpha value is -2.57. The second kappa shape index (κ2) is 38.4. The molecule has 2 rings (SSSR count). The summed E-state index contributed by atoms with van der Waals surface area (Å²) in [7, 11) is 0. The summed E-state index contributed by atoms with van der Waals surface area (Å²) in [5, 5.41) is 72.0. The lowest BCUT2D eigenvalue weighted by atomic mass is 9.98. The Morgan fingerprint density at radius 1 is 0.523 bits per heavy atom. The van der Waals surface area contributed by atoms with E-state index in [2.05, 4.69) is 74.6 Å². The molecule has 2 fully saturated rings. The second-order valence-corrected chi connectivity index (χ2v) is 16.9. The Kier molecular flexibility index (Phi) is 34.6. The van der Waals surface area contributed by atoms with Gasteiger partial charge in [0.25, 0.3) is 0 Å². The Morgan fingerprint density at radius 2 is 1.00 bits per heavy atom. The van der Waals surface area contributed by atoms with Crippen LogP contribution in [0.2, 0.25) is 0 Å². The van der Waals surface area contributed by atoms with Crippen molar-refractivity contribution >= 4 is 5.97 Å². The van der Waals surface area contributed by atoms with Crippen LogP contribution < -0.4 is 0 Å². The summed E-state index contributed by atoms with van der Waals surface area (Å²) in [4.78, 5) is 12.9. The van der Waals surface area contributed by atoms with Crippen LogP contribution in [0.15, 0.2) is 72.9 Å². The third-order valence-corrected chi connectivity index (χ3v) is 11.2. The standard InChI is InChI=1S/C51H86O14/c1-3-5-7-9-11-13-15-17-18-19-20-21-23-25-27-29-31-33-35-60-37-40(63-43(53)34-32-30-28-26-24-22-16-14-12-10-8-6-4-2)38-61-50-49(59)47(57)45(55)42(65-50)39-62-51-48(58)46(56)44(54)41(36-52)64-51/h6,8,11-14,17-18,22,24,28,30,40-42,44-52,54-59H,3-5,7,9-10,15-16,19-21,23,25-27,29,31-39H2,1-2H3/b8-6-,13-11-,14-12-,18-17-,24-22-,30-28-. The zero-order chi connectivity index (χ0) is 47.3. The summed E-state index contributed by atoms with van der Waals surface area (Å²) < 4.78 is 34.1. The zero-order valence-electron chi connectivity index (χ0n) is 39.4. The van der Waals surface area contributed by atoms with E-state index >= 15 is 0 Å². The molecule has 0 amide bonds. The molecular weight excluding hydrogens is 837 g/mol. The number of aliphatic hydroxyl groups excluding tert-OH is 7. The van der Waals surface area contributed by atoms with Crippen LogP contribution in [-0.4, -0.2) is 142 Å². The van der Waals surface area contributed by atoms with Gasteiger partial charge in [0.2, 0.25) is 0 Å². The lowest BCUT2D eigenvalue weighted by Crippen LogP contribution is -2.61. The van der Waals surface area contributed by atoms with Crippen molar-refractivity contribution in [1.29, 1.82) is 0 Å². The van der Waals surface area contributed by atoms with Gasteiger partial charge in [0.05, 0.1) is 26.4 Å². The summed E-state index contributed by atoms with van der Waals surface area (Å²) >= 11 is 0. The quantitative estimate of drug-likeness (QED) is 0.0196. The molecular formula is C51H86O14. The average molecular weight is 923 g/mol.